The van der Waals surface area contributed by atoms with E-state index in [0.717, 1.165) is 0 Å². The maximum absolute atomic E-state index is 10.5. The zero-order chi connectivity index (χ0) is 7.98. The fourth-order valence-electron chi connectivity index (χ4n) is 0.343. The van der Waals surface area contributed by atoms with Crippen LogP contribution in [0.15, 0.2) is 23.5 Å². The Labute approximate surface area is 64.5 Å². The van der Waals surface area contributed by atoms with Crippen LogP contribution in [0.2, 0.25) is 0 Å². The zero-order valence-electron chi connectivity index (χ0n) is 6.46. The summed E-state index contributed by atoms with van der Waals surface area (Å²) in [6.45, 7) is 0. The van der Waals surface area contributed by atoms with E-state index in [1.165, 1.54) is 13.2 Å². The Morgan fingerprint density at radius 3 is 2.50 bits per heavy atom. The van der Waals surface area contributed by atoms with Crippen LogP contribution in [0.5, 0.6) is 0 Å². The van der Waals surface area contributed by atoms with Crippen LogP contribution < -0.4 is 5.11 Å². The number of hydrogen-bond donors (Lipinski definition) is 0. The van der Waals surface area contributed by atoms with Crippen LogP contribution in [0.4, 0.5) is 0 Å². The van der Waals surface area contributed by atoms with Crippen molar-refractivity contribution in [3.8, 4) is 0 Å². The Morgan fingerprint density at radius 2 is 2.10 bits per heavy atom. The van der Waals surface area contributed by atoms with E-state index in [0.29, 0.717) is 0 Å². The number of allylic oxidation sites excluding steroid dienone is 2. The van der Waals surface area contributed by atoms with Crippen molar-refractivity contribution in [1.82, 2.24) is 0 Å². The van der Waals surface area contributed by atoms with Gasteiger partial charge in [-0.1, -0.05) is 0 Å². The fourth-order valence-corrected chi connectivity index (χ4v) is 0.736. The first-order chi connectivity index (χ1) is 4.66. The molecule has 0 aromatic rings. The van der Waals surface area contributed by atoms with Gasteiger partial charge in [0, 0.05) is 10.9 Å². The summed E-state index contributed by atoms with van der Waals surface area (Å²) in [5.41, 5.74) is 0. The first kappa shape index (κ1) is 9.43. The van der Waals surface area contributed by atoms with E-state index in [9.17, 15) is 5.11 Å². The van der Waals surface area contributed by atoms with Gasteiger partial charge in [-0.3, -0.25) is 0 Å². The number of ether oxygens (including phenoxy) is 1. The van der Waals surface area contributed by atoms with E-state index in [1.807, 2.05) is 5.41 Å². The maximum Gasteiger partial charge on any atom is 0.118 e. The predicted octanol–water partition coefficient (Wildman–Crippen LogP) is 0.226. The lowest BCUT2D eigenvalue weighted by Crippen LogP contribution is -2.04. The lowest BCUT2D eigenvalue weighted by molar-refractivity contribution is -0.353. The average molecular weight is 160 g/mol. The topological polar surface area (TPSA) is 32.3 Å². The quantitative estimate of drug-likeness (QED) is 0.336. The fraction of sp³-hybridized carbons (Fsp3) is 0.429. The highest BCUT2D eigenvalue weighted by Crippen LogP contribution is 1.89. The molecule has 0 saturated heterocycles. The van der Waals surface area contributed by atoms with Gasteiger partial charge in [-0.15, -0.1) is 0 Å². The van der Waals surface area contributed by atoms with Crippen LogP contribution in [0.25, 0.3) is 0 Å². The van der Waals surface area contributed by atoms with Crippen LogP contribution in [-0.2, 0) is 15.6 Å². The van der Waals surface area contributed by atoms with Crippen LogP contribution in [0.3, 0.4) is 0 Å². The Kier molecular flexibility index (Phi) is 4.94. The van der Waals surface area contributed by atoms with E-state index >= 15 is 0 Å². The van der Waals surface area contributed by atoms with E-state index in [4.69, 9.17) is 0 Å². The summed E-state index contributed by atoms with van der Waals surface area (Å²) in [5, 5.41) is 12.4. The Morgan fingerprint density at radius 1 is 1.50 bits per heavy atom. The lowest BCUT2D eigenvalue weighted by atomic mass is 10.6. The molecule has 0 heterocycles. The van der Waals surface area contributed by atoms with E-state index in [2.05, 4.69) is 17.2 Å². The van der Waals surface area contributed by atoms with Gasteiger partial charge in [-0.25, -0.2) is 0 Å². The highest BCUT2D eigenvalue weighted by molar-refractivity contribution is 7.98. The third-order valence-electron chi connectivity index (χ3n) is 0.784. The predicted molar refractivity (Wildman–Crippen MR) is 43.4 cm³/mol. The van der Waals surface area contributed by atoms with Gasteiger partial charge in [0.2, 0.25) is 0 Å². The average Bonchev–Trinajstić information content (AvgIpc) is 1.87. The molecule has 0 N–H and O–H groups in total. The molecule has 0 atom stereocenters. The molecular formula is C7H12O2S. The highest BCUT2D eigenvalue weighted by Gasteiger charge is 1.89. The van der Waals surface area contributed by atoms with Gasteiger partial charge in [-0.05, 0) is 19.3 Å². The first-order valence-corrected chi connectivity index (χ1v) is 4.93. The van der Waals surface area contributed by atoms with Gasteiger partial charge in [-0.2, -0.15) is 0 Å². The normalized spacial score (nSPS) is 13.0. The molecule has 0 saturated carbocycles. The third kappa shape index (κ3) is 5.56. The Bertz CT molecular complexity index is 139. The van der Waals surface area contributed by atoms with Crippen molar-refractivity contribution >= 4 is 10.9 Å². The second kappa shape index (κ2) is 5.23. The molecule has 0 aliphatic heterocycles. The van der Waals surface area contributed by atoms with Crippen molar-refractivity contribution in [2.45, 2.75) is 0 Å². The van der Waals surface area contributed by atoms with Gasteiger partial charge in [0.25, 0.3) is 0 Å². The Balaban J connectivity index is 3.70. The molecule has 0 spiro atoms. The monoisotopic (exact) mass is 160 g/mol. The minimum Gasteiger partial charge on any atom is -0.617 e. The van der Waals surface area contributed by atoms with Crippen molar-refractivity contribution in [2.75, 3.05) is 19.6 Å². The molecule has 2 nitrogen and oxygen atoms in total. The van der Waals surface area contributed by atoms with Crippen molar-refractivity contribution in [3.05, 3.63) is 23.5 Å². The van der Waals surface area contributed by atoms with E-state index < -0.39 is 0 Å². The summed E-state index contributed by atoms with van der Waals surface area (Å²) in [6, 6.07) is 0. The smallest absolute Gasteiger partial charge is 0.118 e. The number of methoxy groups -OCH3 is 1. The SMILES string of the molecule is CO/C([O-])=C/C=C/[S+](C)C. The van der Waals surface area contributed by atoms with Crippen LogP contribution >= 0.6 is 0 Å². The summed E-state index contributed by atoms with van der Waals surface area (Å²) in [5.74, 6) is -0.304. The van der Waals surface area contributed by atoms with E-state index in [1.54, 1.807) is 6.08 Å². The molecule has 0 bridgehead atoms. The Hall–Kier alpha value is -0.570. The summed E-state index contributed by atoms with van der Waals surface area (Å²) in [6.07, 6.45) is 7.27. The molecular weight excluding hydrogens is 148 g/mol. The molecule has 0 unspecified atom stereocenters. The molecule has 0 amide bonds. The molecule has 0 rings (SSSR count). The van der Waals surface area contributed by atoms with Crippen molar-refractivity contribution < 1.29 is 9.84 Å². The maximum atomic E-state index is 10.5. The highest BCUT2D eigenvalue weighted by atomic mass is 32.2. The number of rotatable bonds is 3. The molecule has 0 aliphatic rings. The van der Waals surface area contributed by atoms with Gasteiger partial charge < -0.3 is 9.84 Å². The zero-order valence-corrected chi connectivity index (χ0v) is 7.27. The first-order valence-electron chi connectivity index (χ1n) is 2.82. The van der Waals surface area contributed by atoms with Crippen molar-refractivity contribution in [1.29, 1.82) is 0 Å². The van der Waals surface area contributed by atoms with Crippen LogP contribution in [0.1, 0.15) is 0 Å². The van der Waals surface area contributed by atoms with Crippen molar-refractivity contribution in [2.24, 2.45) is 0 Å². The molecule has 58 valence electrons. The lowest BCUT2D eigenvalue weighted by Gasteiger charge is -2.04. The summed E-state index contributed by atoms with van der Waals surface area (Å²) < 4.78 is 4.39. The minimum absolute atomic E-state index is 0.246. The molecule has 0 radical (unpaired) electrons. The second-order valence-electron chi connectivity index (χ2n) is 1.90. The molecule has 0 aromatic carbocycles. The number of hydrogen-bond acceptors (Lipinski definition) is 2. The third-order valence-corrected chi connectivity index (χ3v) is 1.49. The second-order valence-corrected chi connectivity index (χ2v) is 3.93. The molecule has 10 heavy (non-hydrogen) atoms. The van der Waals surface area contributed by atoms with Gasteiger partial charge >= 0.3 is 0 Å². The summed E-state index contributed by atoms with van der Waals surface area (Å²) >= 11 is 0. The molecule has 3 heteroatoms. The van der Waals surface area contributed by atoms with Crippen LogP contribution in [0, 0.1) is 0 Å². The minimum atomic E-state index is -0.304. The standard InChI is InChI=1S/C7H12O2S/c1-9-7(8)5-4-6-10(2)3/h4-6H,1-3H3/b6-4+,7-5+. The summed E-state index contributed by atoms with van der Waals surface area (Å²) in [7, 11) is 1.61. The van der Waals surface area contributed by atoms with Gasteiger partial charge in [0.15, 0.2) is 0 Å². The van der Waals surface area contributed by atoms with Gasteiger partial charge in [0.05, 0.1) is 5.95 Å². The molecule has 0 fully saturated rings. The van der Waals surface area contributed by atoms with Gasteiger partial charge in [0.1, 0.15) is 17.9 Å². The summed E-state index contributed by atoms with van der Waals surface area (Å²) in [4.78, 5) is 0. The largest absolute Gasteiger partial charge is 0.617 e. The van der Waals surface area contributed by atoms with E-state index in [-0.39, 0.29) is 16.8 Å². The molecule has 0 aromatic heterocycles. The molecule has 0 aliphatic carbocycles. The van der Waals surface area contributed by atoms with Crippen molar-refractivity contribution in [3.63, 3.8) is 0 Å². The van der Waals surface area contributed by atoms with Crippen LogP contribution in [-0.4, -0.2) is 19.6 Å².